The highest BCUT2D eigenvalue weighted by Gasteiger charge is 2.15. The fraction of sp³-hybridized carbons (Fsp3) is 0.0667. The van der Waals surface area contributed by atoms with Crippen LogP contribution in [0.3, 0.4) is 0 Å². The van der Waals surface area contributed by atoms with Gasteiger partial charge in [-0.15, -0.1) is 0 Å². The second-order valence-electron chi connectivity index (χ2n) is 4.03. The number of esters is 1. The molecule has 1 aromatic carbocycles. The summed E-state index contributed by atoms with van der Waals surface area (Å²) in [6, 6.07) is 10.1. The molecular weight excluding hydrogens is 338 g/mol. The van der Waals surface area contributed by atoms with E-state index >= 15 is 0 Å². The van der Waals surface area contributed by atoms with Crippen molar-refractivity contribution in [2.24, 2.45) is 0 Å². The molecule has 0 atom stereocenters. The van der Waals surface area contributed by atoms with Gasteiger partial charge in [0.05, 0.1) is 13.4 Å². The molecule has 0 aliphatic rings. The quantitative estimate of drug-likeness (QED) is 0.680. The minimum atomic E-state index is -0.656. The number of hydrogen-bond acceptors (Lipinski definition) is 4. The number of amides is 1. The lowest BCUT2D eigenvalue weighted by Crippen LogP contribution is -2.28. The average Bonchev–Trinajstić information content (AvgIpc) is 2.99. The normalized spacial score (nSPS) is 11.0. The van der Waals surface area contributed by atoms with Crippen molar-refractivity contribution in [2.45, 2.75) is 0 Å². The Hall–Kier alpha value is -2.34. The van der Waals surface area contributed by atoms with Crippen molar-refractivity contribution in [2.75, 3.05) is 7.11 Å². The smallest absolute Gasteiger partial charge is 0.354 e. The van der Waals surface area contributed by atoms with E-state index in [9.17, 15) is 9.59 Å². The molecule has 0 saturated heterocycles. The van der Waals surface area contributed by atoms with Crippen molar-refractivity contribution in [3.8, 4) is 0 Å². The molecule has 0 bridgehead atoms. The zero-order chi connectivity index (χ0) is 15.2. The Labute approximate surface area is 129 Å². The molecule has 108 valence electrons. The topological polar surface area (TPSA) is 68.5 Å². The Morgan fingerprint density at radius 1 is 1.24 bits per heavy atom. The van der Waals surface area contributed by atoms with Crippen molar-refractivity contribution in [3.63, 3.8) is 0 Å². The Balaban J connectivity index is 2.21. The van der Waals surface area contributed by atoms with Crippen LogP contribution in [0.5, 0.6) is 0 Å². The number of nitrogens with one attached hydrogen (secondary N) is 1. The third kappa shape index (κ3) is 4.06. The zero-order valence-corrected chi connectivity index (χ0v) is 12.7. The van der Waals surface area contributed by atoms with E-state index in [4.69, 9.17) is 4.42 Å². The van der Waals surface area contributed by atoms with Gasteiger partial charge in [0.2, 0.25) is 0 Å². The second-order valence-corrected chi connectivity index (χ2v) is 4.94. The maximum atomic E-state index is 12.1. The molecule has 0 unspecified atom stereocenters. The number of ether oxygens (including phenoxy) is 1. The highest BCUT2D eigenvalue weighted by atomic mass is 79.9. The minimum absolute atomic E-state index is 0.000341. The monoisotopic (exact) mass is 349 g/mol. The number of benzene rings is 1. The molecule has 2 aromatic rings. The standard InChI is InChI=1S/C15H12BrNO4/c1-20-15(19)13(9-12-3-2-8-21-12)17-14(18)10-4-6-11(16)7-5-10/h2-9H,1H3,(H,17,18)/b13-9+. The minimum Gasteiger partial charge on any atom is -0.465 e. The van der Waals surface area contributed by atoms with Crippen molar-refractivity contribution < 1.29 is 18.7 Å². The van der Waals surface area contributed by atoms with E-state index in [-0.39, 0.29) is 5.70 Å². The van der Waals surface area contributed by atoms with Crippen LogP contribution in [0.4, 0.5) is 0 Å². The summed E-state index contributed by atoms with van der Waals surface area (Å²) < 4.78 is 10.6. The molecule has 1 N–H and O–H groups in total. The first kappa shape index (κ1) is 15.1. The van der Waals surface area contributed by atoms with Crippen molar-refractivity contribution in [1.82, 2.24) is 5.32 Å². The lowest BCUT2D eigenvalue weighted by molar-refractivity contribution is -0.136. The molecule has 0 saturated carbocycles. The first-order chi connectivity index (χ1) is 10.1. The Morgan fingerprint density at radius 3 is 2.52 bits per heavy atom. The molecule has 0 aliphatic carbocycles. The molecule has 1 amide bonds. The Morgan fingerprint density at radius 2 is 1.95 bits per heavy atom. The predicted molar refractivity (Wildman–Crippen MR) is 80.3 cm³/mol. The fourth-order valence-electron chi connectivity index (χ4n) is 1.57. The highest BCUT2D eigenvalue weighted by Crippen LogP contribution is 2.12. The maximum Gasteiger partial charge on any atom is 0.354 e. The van der Waals surface area contributed by atoms with Crippen LogP contribution in [-0.4, -0.2) is 19.0 Å². The summed E-state index contributed by atoms with van der Waals surface area (Å²) in [4.78, 5) is 23.8. The Bertz CT molecular complexity index is 659. The first-order valence-corrected chi connectivity index (χ1v) is 6.80. The van der Waals surface area contributed by atoms with Crippen LogP contribution in [0, 0.1) is 0 Å². The van der Waals surface area contributed by atoms with Crippen molar-refractivity contribution in [1.29, 1.82) is 0 Å². The lowest BCUT2D eigenvalue weighted by Gasteiger charge is -2.07. The summed E-state index contributed by atoms with van der Waals surface area (Å²) in [5.41, 5.74) is 0.424. The summed E-state index contributed by atoms with van der Waals surface area (Å²) >= 11 is 3.29. The molecule has 1 aromatic heterocycles. The van der Waals surface area contributed by atoms with Crippen LogP contribution in [0.25, 0.3) is 6.08 Å². The summed E-state index contributed by atoms with van der Waals surface area (Å²) in [5, 5.41) is 2.51. The van der Waals surface area contributed by atoms with Gasteiger partial charge in [-0.2, -0.15) is 0 Å². The Kier molecular flexibility index (Phi) is 4.94. The molecule has 0 fully saturated rings. The third-order valence-electron chi connectivity index (χ3n) is 2.59. The van der Waals surface area contributed by atoms with Crippen molar-refractivity contribution in [3.05, 3.63) is 64.2 Å². The van der Waals surface area contributed by atoms with Gasteiger partial charge in [-0.05, 0) is 36.4 Å². The molecule has 6 heteroatoms. The number of hydrogen-bond donors (Lipinski definition) is 1. The number of rotatable bonds is 4. The van der Waals surface area contributed by atoms with E-state index < -0.39 is 11.9 Å². The zero-order valence-electron chi connectivity index (χ0n) is 11.1. The van der Waals surface area contributed by atoms with E-state index in [1.165, 1.54) is 19.4 Å². The third-order valence-corrected chi connectivity index (χ3v) is 3.12. The number of carbonyl (C=O) groups is 2. The van der Waals surface area contributed by atoms with Gasteiger partial charge < -0.3 is 14.5 Å². The van der Waals surface area contributed by atoms with Crippen LogP contribution in [0.15, 0.2) is 57.2 Å². The lowest BCUT2D eigenvalue weighted by atomic mass is 10.2. The van der Waals surface area contributed by atoms with E-state index in [1.807, 2.05) is 0 Å². The van der Waals surface area contributed by atoms with Crippen molar-refractivity contribution >= 4 is 33.9 Å². The summed E-state index contributed by atoms with van der Waals surface area (Å²) in [6.07, 6.45) is 2.87. The SMILES string of the molecule is COC(=O)/C(=C\c1ccco1)NC(=O)c1ccc(Br)cc1. The van der Waals surface area contributed by atoms with Gasteiger partial charge in [-0.3, -0.25) is 4.79 Å². The average molecular weight is 350 g/mol. The molecular formula is C15H12BrNO4. The van der Waals surface area contributed by atoms with Gasteiger partial charge in [0.15, 0.2) is 0 Å². The largest absolute Gasteiger partial charge is 0.465 e. The highest BCUT2D eigenvalue weighted by molar-refractivity contribution is 9.10. The molecule has 5 nitrogen and oxygen atoms in total. The van der Waals surface area contributed by atoms with Crippen LogP contribution in [0.2, 0.25) is 0 Å². The van der Waals surface area contributed by atoms with Gasteiger partial charge in [-0.25, -0.2) is 4.79 Å². The van der Waals surface area contributed by atoms with E-state index in [1.54, 1.807) is 36.4 Å². The van der Waals surface area contributed by atoms with Gasteiger partial charge in [0.1, 0.15) is 11.5 Å². The van der Waals surface area contributed by atoms with E-state index in [2.05, 4.69) is 26.0 Å². The maximum absolute atomic E-state index is 12.1. The van der Waals surface area contributed by atoms with Crippen LogP contribution in [-0.2, 0) is 9.53 Å². The first-order valence-electron chi connectivity index (χ1n) is 6.00. The molecule has 2 rings (SSSR count). The van der Waals surface area contributed by atoms with Gasteiger partial charge >= 0.3 is 5.97 Å². The number of furan rings is 1. The summed E-state index contributed by atoms with van der Waals surface area (Å²) in [7, 11) is 1.24. The molecule has 0 aliphatic heterocycles. The molecule has 21 heavy (non-hydrogen) atoms. The van der Waals surface area contributed by atoms with Crippen LogP contribution >= 0.6 is 15.9 Å². The molecule has 1 heterocycles. The molecule has 0 radical (unpaired) electrons. The number of halogens is 1. The summed E-state index contributed by atoms with van der Waals surface area (Å²) in [5.74, 6) is -0.630. The predicted octanol–water partition coefficient (Wildman–Crippen LogP) is 2.99. The van der Waals surface area contributed by atoms with E-state index in [0.717, 1.165) is 4.47 Å². The van der Waals surface area contributed by atoms with E-state index in [0.29, 0.717) is 11.3 Å². The fourth-order valence-corrected chi connectivity index (χ4v) is 1.83. The summed E-state index contributed by atoms with van der Waals surface area (Å²) in [6.45, 7) is 0. The van der Waals surface area contributed by atoms with Crippen LogP contribution < -0.4 is 5.32 Å². The van der Waals surface area contributed by atoms with Gasteiger partial charge in [0, 0.05) is 16.1 Å². The van der Waals surface area contributed by atoms with Gasteiger partial charge in [0.25, 0.3) is 5.91 Å². The second kappa shape index (κ2) is 6.90. The molecule has 0 spiro atoms. The number of carbonyl (C=O) groups excluding carboxylic acids is 2. The van der Waals surface area contributed by atoms with Crippen LogP contribution in [0.1, 0.15) is 16.1 Å². The van der Waals surface area contributed by atoms with Gasteiger partial charge in [-0.1, -0.05) is 15.9 Å². The number of methoxy groups -OCH3 is 1.